The van der Waals surface area contributed by atoms with E-state index in [0.717, 1.165) is 11.5 Å². The van der Waals surface area contributed by atoms with Crippen LogP contribution in [0.5, 0.6) is 0 Å². The Morgan fingerprint density at radius 2 is 1.79 bits per heavy atom. The summed E-state index contributed by atoms with van der Waals surface area (Å²) in [6.45, 7) is 2.04. The van der Waals surface area contributed by atoms with Gasteiger partial charge in [-0.1, -0.05) is 6.07 Å². The summed E-state index contributed by atoms with van der Waals surface area (Å²) < 4.78 is 46.8. The fourth-order valence-electron chi connectivity index (χ4n) is 3.98. The molecule has 1 unspecified atom stereocenters. The van der Waals surface area contributed by atoms with Crippen LogP contribution in [-0.4, -0.2) is 62.1 Å². The lowest BCUT2D eigenvalue weighted by Crippen LogP contribution is -2.40. The van der Waals surface area contributed by atoms with E-state index in [1.165, 1.54) is 24.5 Å². The molecular formula is C24H20F2N4O3S. The second-order valence-electron chi connectivity index (χ2n) is 7.85. The highest BCUT2D eigenvalue weighted by Crippen LogP contribution is 2.28. The maximum Gasteiger partial charge on any atom is 0.254 e. The highest BCUT2D eigenvalue weighted by Gasteiger charge is 2.21. The number of carbonyl (C=O) groups excluding carboxylic acids is 1. The van der Waals surface area contributed by atoms with Crippen molar-refractivity contribution in [3.63, 3.8) is 0 Å². The molecule has 0 N–H and O–H groups in total. The molecule has 5 rings (SSSR count). The van der Waals surface area contributed by atoms with Crippen LogP contribution in [0.4, 0.5) is 8.78 Å². The molecule has 1 atom stereocenters. The number of amides is 1. The highest BCUT2D eigenvalue weighted by molar-refractivity contribution is 7.84. The summed E-state index contributed by atoms with van der Waals surface area (Å²) in [5.41, 5.74) is 1.69. The molecule has 7 nitrogen and oxygen atoms in total. The van der Waals surface area contributed by atoms with Gasteiger partial charge in [-0.25, -0.2) is 18.7 Å². The van der Waals surface area contributed by atoms with Crippen LogP contribution < -0.4 is 0 Å². The molecule has 0 radical (unpaired) electrons. The Balaban J connectivity index is 1.56. The zero-order valence-corrected chi connectivity index (χ0v) is 19.0. The summed E-state index contributed by atoms with van der Waals surface area (Å²) in [5, 5.41) is 0.719. The Morgan fingerprint density at radius 1 is 1.06 bits per heavy atom. The molecular weight excluding hydrogens is 462 g/mol. The minimum atomic E-state index is -1.29. The van der Waals surface area contributed by atoms with Gasteiger partial charge in [0.2, 0.25) is 5.95 Å². The number of hydrogen-bond donors (Lipinski definition) is 0. The summed E-state index contributed by atoms with van der Waals surface area (Å²) in [6.07, 6.45) is 6.13. The third-order valence-corrected chi connectivity index (χ3v) is 6.66. The molecule has 0 spiro atoms. The van der Waals surface area contributed by atoms with Gasteiger partial charge in [0.15, 0.2) is 0 Å². The predicted octanol–water partition coefficient (Wildman–Crippen LogP) is 3.58. The molecule has 1 amide bonds. The van der Waals surface area contributed by atoms with Crippen molar-refractivity contribution in [1.82, 2.24) is 19.4 Å². The van der Waals surface area contributed by atoms with Crippen LogP contribution in [0, 0.1) is 11.6 Å². The molecule has 3 heterocycles. The number of ether oxygens (including phenoxy) is 1. The molecule has 0 saturated carbocycles. The second-order valence-corrected chi connectivity index (χ2v) is 9.20. The summed E-state index contributed by atoms with van der Waals surface area (Å²) in [7, 11) is -1.29. The first kappa shape index (κ1) is 22.3. The zero-order valence-electron chi connectivity index (χ0n) is 18.2. The van der Waals surface area contributed by atoms with Crippen molar-refractivity contribution in [3.05, 3.63) is 72.2 Å². The number of hydrogen-bond acceptors (Lipinski definition) is 5. The van der Waals surface area contributed by atoms with E-state index in [4.69, 9.17) is 4.74 Å². The van der Waals surface area contributed by atoms with E-state index in [9.17, 15) is 17.8 Å². The summed E-state index contributed by atoms with van der Waals surface area (Å²) >= 11 is 0. The SMILES string of the molecule is CS(=O)c1cn(-c2ncc(-c3ccc(F)cc3F)cn2)c2cc(C(=O)N3CCOCC3)ccc12. The number of fused-ring (bicyclic) bond motifs is 1. The molecule has 1 saturated heterocycles. The fraction of sp³-hybridized carbons (Fsp3) is 0.208. The Hall–Kier alpha value is -3.50. The number of rotatable bonds is 4. The molecule has 1 fully saturated rings. The van der Waals surface area contributed by atoms with Crippen molar-refractivity contribution in [2.75, 3.05) is 32.6 Å². The van der Waals surface area contributed by atoms with E-state index >= 15 is 0 Å². The van der Waals surface area contributed by atoms with Crippen LogP contribution in [0.15, 0.2) is 59.9 Å². The smallest absolute Gasteiger partial charge is 0.254 e. The van der Waals surface area contributed by atoms with Crippen LogP contribution in [0.25, 0.3) is 28.0 Å². The Morgan fingerprint density at radius 3 is 2.47 bits per heavy atom. The molecule has 1 aliphatic heterocycles. The number of carbonyl (C=O) groups is 1. The molecule has 4 aromatic rings. The van der Waals surface area contributed by atoms with E-state index in [-0.39, 0.29) is 17.4 Å². The third kappa shape index (κ3) is 4.10. The van der Waals surface area contributed by atoms with Crippen LogP contribution in [0.1, 0.15) is 10.4 Å². The number of benzene rings is 2. The van der Waals surface area contributed by atoms with Crippen molar-refractivity contribution >= 4 is 27.6 Å². The van der Waals surface area contributed by atoms with E-state index < -0.39 is 22.4 Å². The average Bonchev–Trinajstić information content (AvgIpc) is 3.23. The fourth-order valence-corrected chi connectivity index (χ4v) is 4.72. The van der Waals surface area contributed by atoms with E-state index in [0.29, 0.717) is 47.8 Å². The third-order valence-electron chi connectivity index (χ3n) is 5.72. The number of halogens is 2. The molecule has 2 aromatic carbocycles. The van der Waals surface area contributed by atoms with Gasteiger partial charge in [0.05, 0.1) is 34.4 Å². The van der Waals surface area contributed by atoms with Gasteiger partial charge >= 0.3 is 0 Å². The van der Waals surface area contributed by atoms with Crippen LogP contribution in [-0.2, 0) is 15.5 Å². The number of aromatic nitrogens is 3. The van der Waals surface area contributed by atoms with E-state index in [1.54, 1.807) is 40.1 Å². The molecule has 1 aliphatic rings. The monoisotopic (exact) mass is 482 g/mol. The van der Waals surface area contributed by atoms with Gasteiger partial charge in [0, 0.05) is 66.1 Å². The lowest BCUT2D eigenvalue weighted by atomic mass is 10.1. The van der Waals surface area contributed by atoms with E-state index in [1.807, 2.05) is 0 Å². The molecule has 0 bridgehead atoms. The standard InChI is InChI=1S/C24H20F2N4O3S/c1-34(32)22-14-30(24-27-12-16(13-28-24)18-5-3-17(25)11-20(18)26)21-10-15(2-4-19(21)22)23(31)29-6-8-33-9-7-29/h2-5,10-14H,6-9H2,1H3. The Bertz CT molecular complexity index is 1420. The first-order chi connectivity index (χ1) is 16.4. The van der Waals surface area contributed by atoms with Gasteiger partial charge in [0.1, 0.15) is 11.6 Å². The molecule has 34 heavy (non-hydrogen) atoms. The summed E-state index contributed by atoms with van der Waals surface area (Å²) in [5.74, 6) is -1.22. The lowest BCUT2D eigenvalue weighted by molar-refractivity contribution is 0.0303. The predicted molar refractivity (Wildman–Crippen MR) is 123 cm³/mol. The number of morpholine rings is 1. The Kier molecular flexibility index (Phi) is 5.93. The minimum Gasteiger partial charge on any atom is -0.378 e. The first-order valence-electron chi connectivity index (χ1n) is 10.6. The van der Waals surface area contributed by atoms with Crippen molar-refractivity contribution < 1.29 is 22.5 Å². The first-order valence-corrected chi connectivity index (χ1v) is 12.1. The Labute approximate surface area is 196 Å². The van der Waals surface area contributed by atoms with Crippen molar-refractivity contribution in [1.29, 1.82) is 0 Å². The van der Waals surface area contributed by atoms with Crippen LogP contribution in [0.2, 0.25) is 0 Å². The van der Waals surface area contributed by atoms with Crippen molar-refractivity contribution in [2.45, 2.75) is 4.90 Å². The topological polar surface area (TPSA) is 77.3 Å². The molecule has 0 aliphatic carbocycles. The van der Waals surface area contributed by atoms with Gasteiger partial charge in [-0.15, -0.1) is 0 Å². The van der Waals surface area contributed by atoms with Gasteiger partial charge in [-0.2, -0.15) is 0 Å². The quantitative estimate of drug-likeness (QED) is 0.445. The van der Waals surface area contributed by atoms with Gasteiger partial charge < -0.3 is 9.64 Å². The van der Waals surface area contributed by atoms with Crippen LogP contribution in [0.3, 0.4) is 0 Å². The van der Waals surface area contributed by atoms with Gasteiger partial charge in [0.25, 0.3) is 5.91 Å². The molecule has 10 heteroatoms. The summed E-state index contributed by atoms with van der Waals surface area (Å²) in [4.78, 5) is 24.0. The maximum atomic E-state index is 14.2. The lowest BCUT2D eigenvalue weighted by Gasteiger charge is -2.26. The normalized spacial score (nSPS) is 15.0. The van der Waals surface area contributed by atoms with Crippen molar-refractivity contribution in [3.8, 4) is 17.1 Å². The van der Waals surface area contributed by atoms with E-state index in [2.05, 4.69) is 9.97 Å². The largest absolute Gasteiger partial charge is 0.378 e. The molecule has 174 valence electrons. The molecule has 2 aromatic heterocycles. The van der Waals surface area contributed by atoms with Crippen molar-refractivity contribution in [2.24, 2.45) is 0 Å². The average molecular weight is 483 g/mol. The minimum absolute atomic E-state index is 0.111. The summed E-state index contributed by atoms with van der Waals surface area (Å²) in [6, 6.07) is 8.54. The number of nitrogens with zero attached hydrogens (tertiary/aromatic N) is 4. The van der Waals surface area contributed by atoms with Gasteiger partial charge in [-0.3, -0.25) is 13.6 Å². The van der Waals surface area contributed by atoms with Gasteiger partial charge in [-0.05, 0) is 24.3 Å². The van der Waals surface area contributed by atoms with Crippen LogP contribution >= 0.6 is 0 Å². The zero-order chi connectivity index (χ0) is 23.8. The highest BCUT2D eigenvalue weighted by atomic mass is 32.2. The maximum absolute atomic E-state index is 14.2. The second kappa shape index (κ2) is 9.03.